The SMILES string of the molecule is COc1cccc(-c2nc3ccccn3c2-c2c(C)[nH][nH]c2=O)c1. The van der Waals surface area contributed by atoms with E-state index in [0.717, 1.165) is 34.0 Å². The molecule has 0 saturated heterocycles. The van der Waals surface area contributed by atoms with Gasteiger partial charge in [-0.15, -0.1) is 0 Å². The number of ether oxygens (including phenoxy) is 1. The Bertz CT molecular complexity index is 1090. The lowest BCUT2D eigenvalue weighted by Gasteiger charge is -2.06. The van der Waals surface area contributed by atoms with Gasteiger partial charge in [-0.1, -0.05) is 18.2 Å². The fourth-order valence-electron chi connectivity index (χ4n) is 2.94. The maximum Gasteiger partial charge on any atom is 0.273 e. The molecule has 0 amide bonds. The van der Waals surface area contributed by atoms with E-state index in [-0.39, 0.29) is 5.56 Å². The van der Waals surface area contributed by atoms with Crippen molar-refractivity contribution >= 4 is 5.65 Å². The smallest absolute Gasteiger partial charge is 0.273 e. The minimum absolute atomic E-state index is 0.165. The van der Waals surface area contributed by atoms with Gasteiger partial charge in [-0.25, -0.2) is 4.98 Å². The molecule has 0 spiro atoms. The Labute approximate surface area is 137 Å². The van der Waals surface area contributed by atoms with Crippen LogP contribution in [0.15, 0.2) is 53.5 Å². The number of nitrogens with zero attached hydrogens (tertiary/aromatic N) is 2. The predicted octanol–water partition coefficient (Wildman–Crippen LogP) is 3.00. The van der Waals surface area contributed by atoms with Crippen LogP contribution < -0.4 is 10.3 Å². The highest BCUT2D eigenvalue weighted by Crippen LogP contribution is 2.33. The average Bonchev–Trinajstić information content (AvgIpc) is 3.15. The van der Waals surface area contributed by atoms with Gasteiger partial charge in [0.1, 0.15) is 11.4 Å². The highest BCUT2D eigenvalue weighted by atomic mass is 16.5. The maximum absolute atomic E-state index is 12.3. The van der Waals surface area contributed by atoms with E-state index in [9.17, 15) is 4.79 Å². The van der Waals surface area contributed by atoms with Gasteiger partial charge in [0, 0.05) is 17.5 Å². The quantitative estimate of drug-likeness (QED) is 0.609. The molecule has 3 heterocycles. The number of aryl methyl sites for hydroxylation is 1. The molecule has 24 heavy (non-hydrogen) atoms. The number of benzene rings is 1. The topological polar surface area (TPSA) is 75.2 Å². The van der Waals surface area contributed by atoms with Gasteiger partial charge in [-0.3, -0.25) is 14.3 Å². The number of nitrogens with one attached hydrogen (secondary N) is 2. The van der Waals surface area contributed by atoms with Crippen LogP contribution in [-0.4, -0.2) is 26.7 Å². The molecule has 0 aliphatic heterocycles. The van der Waals surface area contributed by atoms with Gasteiger partial charge >= 0.3 is 0 Å². The summed E-state index contributed by atoms with van der Waals surface area (Å²) < 4.78 is 7.25. The van der Waals surface area contributed by atoms with Gasteiger partial charge in [0.25, 0.3) is 5.56 Å². The first-order chi connectivity index (χ1) is 11.7. The third-order valence-corrected chi connectivity index (χ3v) is 4.08. The zero-order chi connectivity index (χ0) is 16.7. The summed E-state index contributed by atoms with van der Waals surface area (Å²) in [4.78, 5) is 17.1. The number of aromatic amines is 2. The fraction of sp³-hybridized carbons (Fsp3) is 0.111. The summed E-state index contributed by atoms with van der Waals surface area (Å²) in [5.74, 6) is 0.746. The van der Waals surface area contributed by atoms with Gasteiger partial charge in [0.15, 0.2) is 0 Å². The van der Waals surface area contributed by atoms with Crippen molar-refractivity contribution in [2.24, 2.45) is 0 Å². The molecule has 0 saturated carbocycles. The molecule has 120 valence electrons. The zero-order valence-corrected chi connectivity index (χ0v) is 13.3. The molecular weight excluding hydrogens is 304 g/mol. The maximum atomic E-state index is 12.3. The first-order valence-corrected chi connectivity index (χ1v) is 7.58. The molecule has 6 heteroatoms. The molecule has 0 fully saturated rings. The van der Waals surface area contributed by atoms with Crippen molar-refractivity contribution in [1.29, 1.82) is 0 Å². The van der Waals surface area contributed by atoms with Crippen LogP contribution in [0.2, 0.25) is 0 Å². The van der Waals surface area contributed by atoms with E-state index in [1.807, 2.05) is 60.0 Å². The average molecular weight is 320 g/mol. The third-order valence-electron chi connectivity index (χ3n) is 4.08. The van der Waals surface area contributed by atoms with Crippen LogP contribution >= 0.6 is 0 Å². The predicted molar refractivity (Wildman–Crippen MR) is 92.3 cm³/mol. The van der Waals surface area contributed by atoms with E-state index < -0.39 is 0 Å². The number of H-pyrrole nitrogens is 2. The first-order valence-electron chi connectivity index (χ1n) is 7.58. The molecule has 0 aliphatic carbocycles. The summed E-state index contributed by atoms with van der Waals surface area (Å²) >= 11 is 0. The molecule has 1 aromatic carbocycles. The second-order valence-corrected chi connectivity index (χ2v) is 5.55. The van der Waals surface area contributed by atoms with Crippen LogP contribution in [0.3, 0.4) is 0 Å². The van der Waals surface area contributed by atoms with E-state index in [0.29, 0.717) is 5.56 Å². The van der Waals surface area contributed by atoms with Crippen LogP contribution in [0, 0.1) is 6.92 Å². The highest BCUT2D eigenvalue weighted by Gasteiger charge is 2.21. The summed E-state index contributed by atoms with van der Waals surface area (Å²) in [5, 5.41) is 5.53. The van der Waals surface area contributed by atoms with Crippen LogP contribution in [0.25, 0.3) is 28.2 Å². The van der Waals surface area contributed by atoms with Crippen molar-refractivity contribution < 1.29 is 4.74 Å². The zero-order valence-electron chi connectivity index (χ0n) is 13.3. The Morgan fingerprint density at radius 1 is 1.12 bits per heavy atom. The van der Waals surface area contributed by atoms with Crippen molar-refractivity contribution in [3.05, 3.63) is 64.7 Å². The van der Waals surface area contributed by atoms with Gasteiger partial charge in [0.2, 0.25) is 0 Å². The normalized spacial score (nSPS) is 11.1. The number of hydrogen-bond acceptors (Lipinski definition) is 3. The minimum Gasteiger partial charge on any atom is -0.497 e. The van der Waals surface area contributed by atoms with Crippen LogP contribution in [0.4, 0.5) is 0 Å². The van der Waals surface area contributed by atoms with E-state index in [1.165, 1.54) is 0 Å². The second kappa shape index (κ2) is 5.42. The summed E-state index contributed by atoms with van der Waals surface area (Å²) in [6, 6.07) is 13.4. The van der Waals surface area contributed by atoms with Crippen molar-refractivity contribution in [2.75, 3.05) is 7.11 Å². The van der Waals surface area contributed by atoms with E-state index in [2.05, 4.69) is 10.2 Å². The Hall–Kier alpha value is -3.28. The summed E-state index contributed by atoms with van der Waals surface area (Å²) in [7, 11) is 1.63. The molecule has 0 bridgehead atoms. The van der Waals surface area contributed by atoms with Crippen LogP contribution in [0.5, 0.6) is 5.75 Å². The number of hydrogen-bond donors (Lipinski definition) is 2. The van der Waals surface area contributed by atoms with E-state index in [4.69, 9.17) is 9.72 Å². The minimum atomic E-state index is -0.165. The van der Waals surface area contributed by atoms with E-state index in [1.54, 1.807) is 7.11 Å². The monoisotopic (exact) mass is 320 g/mol. The summed E-state index contributed by atoms with van der Waals surface area (Å²) in [6.45, 7) is 1.87. The Balaban J connectivity index is 2.09. The molecule has 4 rings (SSSR count). The van der Waals surface area contributed by atoms with E-state index >= 15 is 0 Å². The second-order valence-electron chi connectivity index (χ2n) is 5.55. The van der Waals surface area contributed by atoms with Gasteiger partial charge < -0.3 is 9.84 Å². The van der Waals surface area contributed by atoms with Crippen molar-refractivity contribution in [3.63, 3.8) is 0 Å². The number of imidazole rings is 1. The molecular formula is C18H16N4O2. The molecule has 6 nitrogen and oxygen atoms in total. The Morgan fingerprint density at radius 3 is 2.75 bits per heavy atom. The largest absolute Gasteiger partial charge is 0.497 e. The van der Waals surface area contributed by atoms with Gasteiger partial charge in [-0.05, 0) is 31.2 Å². The Kier molecular flexibility index (Phi) is 3.23. The van der Waals surface area contributed by atoms with Crippen molar-refractivity contribution in [1.82, 2.24) is 19.6 Å². The lowest BCUT2D eigenvalue weighted by molar-refractivity contribution is 0.415. The number of fused-ring (bicyclic) bond motifs is 1. The van der Waals surface area contributed by atoms with Crippen LogP contribution in [-0.2, 0) is 0 Å². The third kappa shape index (κ3) is 2.11. The first kappa shape index (κ1) is 14.3. The molecule has 4 aromatic rings. The molecule has 0 radical (unpaired) electrons. The standard InChI is InChI=1S/C18H16N4O2/c1-11-15(18(23)21-20-11)17-16(12-6-5-7-13(10-12)24-2)19-14-8-3-4-9-22(14)17/h3-10H,1-2H3,(H2,20,21,23). The Morgan fingerprint density at radius 2 is 2.00 bits per heavy atom. The lowest BCUT2D eigenvalue weighted by Crippen LogP contribution is -2.04. The highest BCUT2D eigenvalue weighted by molar-refractivity contribution is 5.83. The fourth-order valence-corrected chi connectivity index (χ4v) is 2.94. The number of aromatic nitrogens is 4. The van der Waals surface area contributed by atoms with Gasteiger partial charge in [-0.2, -0.15) is 0 Å². The summed E-state index contributed by atoms with van der Waals surface area (Å²) in [6.07, 6.45) is 1.91. The molecule has 2 N–H and O–H groups in total. The van der Waals surface area contributed by atoms with Crippen molar-refractivity contribution in [3.8, 4) is 28.3 Å². The number of rotatable bonds is 3. The van der Waals surface area contributed by atoms with Gasteiger partial charge in [0.05, 0.1) is 24.1 Å². The number of pyridine rings is 1. The summed E-state index contributed by atoms with van der Waals surface area (Å²) in [5.41, 5.74) is 4.38. The number of methoxy groups -OCH3 is 1. The lowest BCUT2D eigenvalue weighted by atomic mass is 10.1. The molecule has 0 atom stereocenters. The van der Waals surface area contributed by atoms with Crippen LogP contribution in [0.1, 0.15) is 5.69 Å². The molecule has 0 unspecified atom stereocenters. The van der Waals surface area contributed by atoms with Crippen molar-refractivity contribution in [2.45, 2.75) is 6.92 Å². The molecule has 3 aromatic heterocycles. The molecule has 0 aliphatic rings.